The predicted molar refractivity (Wildman–Crippen MR) is 100 cm³/mol. The number of ketones is 2. The van der Waals surface area contributed by atoms with Gasteiger partial charge in [-0.1, -0.05) is 36.4 Å². The van der Waals surface area contributed by atoms with E-state index < -0.39 is 17.0 Å². The third kappa shape index (κ3) is 2.67. The number of hydrogen-bond acceptors (Lipinski definition) is 4. The summed E-state index contributed by atoms with van der Waals surface area (Å²) in [7, 11) is 0. The smallest absolute Gasteiger partial charge is 0.234 e. The molecule has 1 aliphatic heterocycles. The van der Waals surface area contributed by atoms with Crippen LogP contribution in [0.15, 0.2) is 54.1 Å². The predicted octanol–water partition coefficient (Wildman–Crippen LogP) is 2.94. The van der Waals surface area contributed by atoms with E-state index in [4.69, 9.17) is 4.74 Å². The number of rotatable bonds is 4. The zero-order valence-electron chi connectivity index (χ0n) is 15.2. The summed E-state index contributed by atoms with van der Waals surface area (Å²) in [6.45, 7) is 3.72. The molecule has 0 bridgehead atoms. The molecule has 1 N–H and O–H groups in total. The van der Waals surface area contributed by atoms with Crippen molar-refractivity contribution in [2.24, 2.45) is 5.41 Å². The van der Waals surface area contributed by atoms with Crippen molar-refractivity contribution >= 4 is 23.2 Å². The van der Waals surface area contributed by atoms with Crippen LogP contribution in [0.1, 0.15) is 35.3 Å². The van der Waals surface area contributed by atoms with Gasteiger partial charge < -0.3 is 10.1 Å². The molecule has 1 heterocycles. The van der Waals surface area contributed by atoms with Gasteiger partial charge in [-0.15, -0.1) is 0 Å². The van der Waals surface area contributed by atoms with Crippen LogP contribution >= 0.6 is 0 Å². The van der Waals surface area contributed by atoms with Gasteiger partial charge in [0.25, 0.3) is 0 Å². The molecule has 2 aliphatic rings. The van der Waals surface area contributed by atoms with Gasteiger partial charge >= 0.3 is 0 Å². The van der Waals surface area contributed by atoms with Gasteiger partial charge in [0.15, 0.2) is 0 Å². The topological polar surface area (TPSA) is 72.5 Å². The minimum absolute atomic E-state index is 0.226. The van der Waals surface area contributed by atoms with Crippen LogP contribution in [-0.2, 0) is 16.0 Å². The molecule has 0 spiro atoms. The Morgan fingerprint density at radius 1 is 0.926 bits per heavy atom. The van der Waals surface area contributed by atoms with Gasteiger partial charge in [0, 0.05) is 17.6 Å². The minimum atomic E-state index is -1.04. The second-order valence-electron chi connectivity index (χ2n) is 7.25. The van der Waals surface area contributed by atoms with Crippen molar-refractivity contribution in [3.05, 3.63) is 70.8 Å². The summed E-state index contributed by atoms with van der Waals surface area (Å²) in [5.41, 5.74) is 1.50. The van der Waals surface area contributed by atoms with Crippen molar-refractivity contribution in [1.29, 1.82) is 0 Å². The van der Waals surface area contributed by atoms with Crippen molar-refractivity contribution in [1.82, 2.24) is 5.32 Å². The Morgan fingerprint density at radius 3 is 2.41 bits per heavy atom. The Bertz CT molecular complexity index is 1000. The molecule has 0 aromatic heterocycles. The number of carbonyl (C=O) groups excluding carboxylic acids is 3. The molecule has 0 fully saturated rings. The Balaban J connectivity index is 1.71. The fourth-order valence-corrected chi connectivity index (χ4v) is 3.60. The molecule has 5 nitrogen and oxygen atoms in total. The van der Waals surface area contributed by atoms with E-state index in [0.29, 0.717) is 30.0 Å². The van der Waals surface area contributed by atoms with Crippen molar-refractivity contribution < 1.29 is 19.1 Å². The van der Waals surface area contributed by atoms with Crippen LogP contribution in [0.2, 0.25) is 0 Å². The number of amides is 1. The molecule has 0 atom stereocenters. The monoisotopic (exact) mass is 361 g/mol. The summed E-state index contributed by atoms with van der Waals surface area (Å²) in [6.07, 6.45) is 0.709. The molecule has 0 saturated carbocycles. The van der Waals surface area contributed by atoms with Crippen LogP contribution in [0.3, 0.4) is 0 Å². The second-order valence-corrected chi connectivity index (χ2v) is 7.25. The van der Waals surface area contributed by atoms with Crippen LogP contribution in [0.4, 0.5) is 0 Å². The average Bonchev–Trinajstić information content (AvgIpc) is 2.90. The molecular weight excluding hydrogens is 342 g/mol. The van der Waals surface area contributed by atoms with Crippen LogP contribution < -0.4 is 10.1 Å². The molecule has 136 valence electrons. The molecule has 1 amide bonds. The van der Waals surface area contributed by atoms with Gasteiger partial charge in [-0.25, -0.2) is 0 Å². The van der Waals surface area contributed by atoms with Crippen molar-refractivity contribution in [3.8, 4) is 5.75 Å². The first-order valence-corrected chi connectivity index (χ1v) is 8.86. The highest BCUT2D eigenvalue weighted by molar-refractivity contribution is 6.54. The molecule has 27 heavy (non-hydrogen) atoms. The van der Waals surface area contributed by atoms with Crippen LogP contribution in [0.25, 0.3) is 5.70 Å². The Morgan fingerprint density at radius 2 is 1.67 bits per heavy atom. The quantitative estimate of drug-likeness (QED) is 0.850. The first-order chi connectivity index (χ1) is 12.9. The van der Waals surface area contributed by atoms with Gasteiger partial charge in [-0.2, -0.15) is 0 Å². The molecule has 0 saturated heterocycles. The van der Waals surface area contributed by atoms with Gasteiger partial charge in [0.2, 0.25) is 17.5 Å². The highest BCUT2D eigenvalue weighted by atomic mass is 16.5. The third-order valence-corrected chi connectivity index (χ3v) is 5.13. The number of hydrogen-bond donors (Lipinski definition) is 1. The van der Waals surface area contributed by atoms with E-state index in [2.05, 4.69) is 5.32 Å². The van der Waals surface area contributed by atoms with Crippen molar-refractivity contribution in [2.45, 2.75) is 20.3 Å². The lowest BCUT2D eigenvalue weighted by Gasteiger charge is -2.23. The highest BCUT2D eigenvalue weighted by Gasteiger charge is 2.50. The number of nitrogens with one attached hydrogen (secondary N) is 1. The van der Waals surface area contributed by atoms with Gasteiger partial charge in [0.05, 0.1) is 23.3 Å². The van der Waals surface area contributed by atoms with Crippen molar-refractivity contribution in [3.63, 3.8) is 0 Å². The van der Waals surface area contributed by atoms with E-state index >= 15 is 0 Å². The van der Waals surface area contributed by atoms with E-state index in [1.54, 1.807) is 32.0 Å². The third-order valence-electron chi connectivity index (χ3n) is 5.13. The first-order valence-electron chi connectivity index (χ1n) is 8.86. The lowest BCUT2D eigenvalue weighted by atomic mass is 9.76. The van der Waals surface area contributed by atoms with E-state index in [0.717, 1.165) is 5.56 Å². The number of benzene rings is 2. The van der Waals surface area contributed by atoms with Crippen molar-refractivity contribution in [2.75, 3.05) is 6.61 Å². The average molecular weight is 361 g/mol. The minimum Gasteiger partial charge on any atom is -0.493 e. The normalized spacial score (nSPS) is 17.5. The molecule has 0 radical (unpaired) electrons. The fraction of sp³-hybridized carbons (Fsp3) is 0.227. The van der Waals surface area contributed by atoms with E-state index in [-0.39, 0.29) is 17.0 Å². The molecule has 5 heteroatoms. The maximum atomic E-state index is 12.6. The fourth-order valence-electron chi connectivity index (χ4n) is 3.60. The zero-order valence-corrected chi connectivity index (χ0v) is 15.2. The van der Waals surface area contributed by atoms with E-state index in [1.807, 2.05) is 30.3 Å². The van der Waals surface area contributed by atoms with Crippen LogP contribution in [0.5, 0.6) is 5.75 Å². The maximum Gasteiger partial charge on any atom is 0.234 e. The summed E-state index contributed by atoms with van der Waals surface area (Å²) < 4.78 is 5.95. The number of fused-ring (bicyclic) bond motifs is 2. The summed E-state index contributed by atoms with van der Waals surface area (Å²) in [5, 5.41) is 2.79. The van der Waals surface area contributed by atoms with Crippen LogP contribution in [0, 0.1) is 5.41 Å². The summed E-state index contributed by atoms with van der Waals surface area (Å²) >= 11 is 0. The number of Topliss-reactive ketones (excluding diaryl/α,β-unsaturated/α-hetero) is 2. The molecule has 1 aliphatic carbocycles. The highest BCUT2D eigenvalue weighted by Crippen LogP contribution is 2.45. The van der Waals surface area contributed by atoms with Gasteiger partial charge in [-0.05, 0) is 31.5 Å². The Labute approximate surface area is 157 Å². The largest absolute Gasteiger partial charge is 0.493 e. The summed E-state index contributed by atoms with van der Waals surface area (Å²) in [4.78, 5) is 37.6. The SMILES string of the molecule is CC1(C)C(=O)NC2=C1C(=O)C(=O)c1cccc(OCCc3ccccc3)c12. The Kier molecular flexibility index (Phi) is 3.95. The lowest BCUT2D eigenvalue weighted by molar-refractivity contribution is -0.126. The standard InChI is InChI=1S/C22H19NO4/c1-22(2)17-18(23-21(22)26)16-14(19(24)20(17)25)9-6-10-15(16)27-12-11-13-7-4-3-5-8-13/h3-10H,11-12H2,1-2H3,(H,23,26). The number of carbonyl (C=O) groups is 3. The molecule has 0 unspecified atom stereocenters. The summed E-state index contributed by atoms with van der Waals surface area (Å²) in [5.74, 6) is -1.01. The first kappa shape index (κ1) is 17.2. The van der Waals surface area contributed by atoms with Crippen LogP contribution in [-0.4, -0.2) is 24.1 Å². The molecule has 2 aromatic rings. The summed E-state index contributed by atoms with van der Waals surface area (Å²) in [6, 6.07) is 15.0. The van der Waals surface area contributed by atoms with Gasteiger partial charge in [-0.3, -0.25) is 14.4 Å². The van der Waals surface area contributed by atoms with E-state index in [9.17, 15) is 14.4 Å². The molecular formula is C22H19NO4. The molecule has 4 rings (SSSR count). The number of ether oxygens (including phenoxy) is 1. The van der Waals surface area contributed by atoms with Gasteiger partial charge in [0.1, 0.15) is 5.75 Å². The second kappa shape index (κ2) is 6.20. The lowest BCUT2D eigenvalue weighted by Crippen LogP contribution is -2.32. The molecule has 2 aromatic carbocycles. The van der Waals surface area contributed by atoms with E-state index in [1.165, 1.54) is 0 Å². The zero-order chi connectivity index (χ0) is 19.2. The maximum absolute atomic E-state index is 12.6. The Hall–Kier alpha value is -3.21.